The molecule has 0 spiro atoms. The molecule has 3 rings (SSSR count). The van der Waals surface area contributed by atoms with E-state index in [0.717, 1.165) is 0 Å². The molecule has 8 heteroatoms. The number of hydrogen-bond donors (Lipinski definition) is 3. The second-order valence-corrected chi connectivity index (χ2v) is 5.99. The van der Waals surface area contributed by atoms with Gasteiger partial charge >= 0.3 is 0 Å². The number of nitrogens with one attached hydrogen (secondary N) is 1. The number of ether oxygens (including phenoxy) is 2. The van der Waals surface area contributed by atoms with Gasteiger partial charge in [-0.25, -0.2) is 13.6 Å². The predicted molar refractivity (Wildman–Crippen MR) is 78.1 cm³/mol. The number of fused-ring (bicyclic) bond motifs is 1. The predicted octanol–water partition coefficient (Wildman–Crippen LogP) is 1.39. The smallest absolute Gasteiger partial charge is 0.240 e. The van der Waals surface area contributed by atoms with E-state index in [4.69, 9.17) is 20.3 Å². The Kier molecular flexibility index (Phi) is 3.11. The Morgan fingerprint density at radius 1 is 1.10 bits per heavy atom. The minimum absolute atomic E-state index is 0.0673. The van der Waals surface area contributed by atoms with Crippen molar-refractivity contribution in [1.82, 2.24) is 0 Å². The Morgan fingerprint density at radius 2 is 1.86 bits per heavy atom. The van der Waals surface area contributed by atoms with Crippen LogP contribution in [0.5, 0.6) is 11.5 Å². The van der Waals surface area contributed by atoms with Crippen LogP contribution < -0.4 is 25.7 Å². The first-order valence-electron chi connectivity index (χ1n) is 6.03. The van der Waals surface area contributed by atoms with E-state index >= 15 is 0 Å². The van der Waals surface area contributed by atoms with E-state index in [1.807, 2.05) is 0 Å². The molecule has 0 bridgehead atoms. The molecule has 0 atom stereocenters. The molecule has 2 aromatic carbocycles. The summed E-state index contributed by atoms with van der Waals surface area (Å²) in [5.74, 6) is 1.27. The van der Waals surface area contributed by atoms with Gasteiger partial charge in [0.25, 0.3) is 0 Å². The third-order valence-corrected chi connectivity index (χ3v) is 3.99. The van der Waals surface area contributed by atoms with Crippen LogP contribution in [0.25, 0.3) is 0 Å². The van der Waals surface area contributed by atoms with Crippen molar-refractivity contribution < 1.29 is 17.9 Å². The highest BCUT2D eigenvalue weighted by molar-refractivity contribution is 7.89. The summed E-state index contributed by atoms with van der Waals surface area (Å²) >= 11 is 0. The van der Waals surface area contributed by atoms with E-state index in [1.54, 1.807) is 30.3 Å². The van der Waals surface area contributed by atoms with Gasteiger partial charge in [0.1, 0.15) is 4.90 Å². The molecule has 0 aromatic heterocycles. The van der Waals surface area contributed by atoms with Gasteiger partial charge in [-0.2, -0.15) is 0 Å². The molecule has 5 N–H and O–H groups in total. The Labute approximate surface area is 121 Å². The van der Waals surface area contributed by atoms with Gasteiger partial charge in [0.2, 0.25) is 16.8 Å². The van der Waals surface area contributed by atoms with Crippen LogP contribution in [0.15, 0.2) is 41.3 Å². The van der Waals surface area contributed by atoms with Gasteiger partial charge in [-0.15, -0.1) is 0 Å². The Morgan fingerprint density at radius 3 is 2.62 bits per heavy atom. The lowest BCUT2D eigenvalue weighted by Gasteiger charge is -2.12. The van der Waals surface area contributed by atoms with Gasteiger partial charge in [0.15, 0.2) is 11.5 Å². The minimum atomic E-state index is -3.87. The maximum absolute atomic E-state index is 11.4. The van der Waals surface area contributed by atoms with Crippen molar-refractivity contribution in [3.05, 3.63) is 36.4 Å². The van der Waals surface area contributed by atoms with Crippen molar-refractivity contribution in [3.63, 3.8) is 0 Å². The number of primary sulfonamides is 1. The van der Waals surface area contributed by atoms with Gasteiger partial charge in [-0.1, -0.05) is 6.07 Å². The van der Waals surface area contributed by atoms with E-state index < -0.39 is 10.0 Å². The van der Waals surface area contributed by atoms with Crippen molar-refractivity contribution in [3.8, 4) is 11.5 Å². The third-order valence-electron chi connectivity index (χ3n) is 3.02. The normalized spacial score (nSPS) is 13.2. The van der Waals surface area contributed by atoms with Gasteiger partial charge in [-0.3, -0.25) is 0 Å². The highest BCUT2D eigenvalue weighted by Gasteiger charge is 2.16. The summed E-state index contributed by atoms with van der Waals surface area (Å²) in [5.41, 5.74) is 7.06. The van der Waals surface area contributed by atoms with Crippen molar-refractivity contribution in [2.75, 3.05) is 17.8 Å². The average Bonchev–Trinajstić information content (AvgIpc) is 2.87. The first-order chi connectivity index (χ1) is 9.95. The molecule has 21 heavy (non-hydrogen) atoms. The number of benzene rings is 2. The van der Waals surface area contributed by atoms with Crippen LogP contribution in [0.3, 0.4) is 0 Å². The maximum Gasteiger partial charge on any atom is 0.240 e. The number of para-hydroxylation sites is 1. The fourth-order valence-corrected chi connectivity index (χ4v) is 2.72. The number of nitrogens with two attached hydrogens (primary N) is 2. The molecule has 1 heterocycles. The lowest BCUT2D eigenvalue weighted by atomic mass is 10.2. The Hall–Kier alpha value is -2.45. The molecule has 1 aliphatic rings. The van der Waals surface area contributed by atoms with Crippen LogP contribution in [0.1, 0.15) is 0 Å². The molecule has 0 unspecified atom stereocenters. The monoisotopic (exact) mass is 307 g/mol. The van der Waals surface area contributed by atoms with Crippen molar-refractivity contribution in [2.24, 2.45) is 5.14 Å². The SMILES string of the molecule is Nc1c(Nc2ccc3c(c2)OCO3)cccc1S(N)(=O)=O. The molecule has 7 nitrogen and oxygen atoms in total. The van der Waals surface area contributed by atoms with E-state index in [9.17, 15) is 8.42 Å². The molecule has 110 valence electrons. The van der Waals surface area contributed by atoms with Crippen LogP contribution in [-0.4, -0.2) is 15.2 Å². The van der Waals surface area contributed by atoms with Crippen molar-refractivity contribution >= 4 is 27.1 Å². The summed E-state index contributed by atoms with van der Waals surface area (Å²) in [6.07, 6.45) is 0. The molecule has 0 saturated carbocycles. The number of sulfonamides is 1. The average molecular weight is 307 g/mol. The van der Waals surface area contributed by atoms with Crippen LogP contribution in [0, 0.1) is 0 Å². The van der Waals surface area contributed by atoms with Crippen molar-refractivity contribution in [2.45, 2.75) is 4.90 Å². The Bertz CT molecular complexity index is 805. The lowest BCUT2D eigenvalue weighted by molar-refractivity contribution is 0.174. The molecular weight excluding hydrogens is 294 g/mol. The zero-order valence-electron chi connectivity index (χ0n) is 10.9. The topological polar surface area (TPSA) is 117 Å². The molecule has 0 amide bonds. The number of rotatable bonds is 3. The Balaban J connectivity index is 1.95. The molecular formula is C13H13N3O4S. The molecule has 0 saturated heterocycles. The highest BCUT2D eigenvalue weighted by atomic mass is 32.2. The van der Waals surface area contributed by atoms with Crippen LogP contribution in [0.2, 0.25) is 0 Å². The number of nitrogen functional groups attached to an aromatic ring is 1. The van der Waals surface area contributed by atoms with E-state index in [1.165, 1.54) is 6.07 Å². The first-order valence-corrected chi connectivity index (χ1v) is 7.58. The van der Waals surface area contributed by atoms with E-state index in [0.29, 0.717) is 22.9 Å². The first kappa shape index (κ1) is 13.5. The molecule has 0 fully saturated rings. The molecule has 0 radical (unpaired) electrons. The lowest BCUT2D eigenvalue weighted by Crippen LogP contribution is -2.15. The summed E-state index contributed by atoms with van der Waals surface area (Å²) in [5, 5.41) is 8.16. The number of anilines is 3. The number of hydrogen-bond acceptors (Lipinski definition) is 6. The largest absolute Gasteiger partial charge is 0.454 e. The van der Waals surface area contributed by atoms with E-state index in [2.05, 4.69) is 5.32 Å². The second kappa shape index (κ2) is 4.83. The minimum Gasteiger partial charge on any atom is -0.454 e. The summed E-state index contributed by atoms with van der Waals surface area (Å²) in [7, 11) is -3.87. The summed E-state index contributed by atoms with van der Waals surface area (Å²) in [4.78, 5) is -0.117. The van der Waals surface area contributed by atoms with Gasteiger partial charge in [-0.05, 0) is 24.3 Å². The highest BCUT2D eigenvalue weighted by Crippen LogP contribution is 2.36. The van der Waals surface area contributed by atoms with Crippen LogP contribution in [-0.2, 0) is 10.0 Å². The molecule has 0 aliphatic carbocycles. The van der Waals surface area contributed by atoms with Gasteiger partial charge in [0, 0.05) is 11.8 Å². The quantitative estimate of drug-likeness (QED) is 0.738. The zero-order chi connectivity index (χ0) is 15.0. The molecule has 2 aromatic rings. The fourth-order valence-electron chi connectivity index (χ4n) is 2.03. The van der Waals surface area contributed by atoms with E-state index in [-0.39, 0.29) is 17.4 Å². The fraction of sp³-hybridized carbons (Fsp3) is 0.0769. The van der Waals surface area contributed by atoms with Crippen molar-refractivity contribution in [1.29, 1.82) is 0 Å². The third kappa shape index (κ3) is 2.58. The summed E-state index contributed by atoms with van der Waals surface area (Å²) in [6, 6.07) is 9.85. The second-order valence-electron chi connectivity index (χ2n) is 4.46. The maximum atomic E-state index is 11.4. The van der Waals surface area contributed by atoms with Crippen LogP contribution in [0.4, 0.5) is 17.1 Å². The standard InChI is InChI=1S/C13H13N3O4S/c14-13-9(2-1-3-12(13)21(15,17)18)16-8-4-5-10-11(6-8)20-7-19-10/h1-6,16H,7,14H2,(H2,15,17,18). The summed E-state index contributed by atoms with van der Waals surface area (Å²) in [6.45, 7) is 0.182. The molecule has 1 aliphatic heterocycles. The summed E-state index contributed by atoms with van der Waals surface area (Å²) < 4.78 is 33.4. The van der Waals surface area contributed by atoms with Gasteiger partial charge in [0.05, 0.1) is 11.4 Å². The van der Waals surface area contributed by atoms with Crippen LogP contribution >= 0.6 is 0 Å². The van der Waals surface area contributed by atoms with Gasteiger partial charge < -0.3 is 20.5 Å². The zero-order valence-corrected chi connectivity index (χ0v) is 11.7.